The van der Waals surface area contributed by atoms with Crippen LogP contribution in [0.3, 0.4) is 0 Å². The number of aromatic nitrogens is 2. The first-order chi connectivity index (χ1) is 16.2. The number of para-hydroxylation sites is 1. The van der Waals surface area contributed by atoms with E-state index in [2.05, 4.69) is 10.4 Å². The lowest BCUT2D eigenvalue weighted by molar-refractivity contribution is -0.131. The van der Waals surface area contributed by atoms with E-state index in [1.807, 2.05) is 75.5 Å². The summed E-state index contributed by atoms with van der Waals surface area (Å²) in [6.07, 6.45) is 2.94. The van der Waals surface area contributed by atoms with E-state index >= 15 is 0 Å². The standard InChI is InChI=1S/C27H32N4O3/c1-18-15-22(31-13-11-19(2)29-31)9-10-23(18)25(33)30-14-12-27(4,26(34)28-20(3)17-32)16-21-7-5-6-8-24(21)30/h5-11,13,15,20,32H,12,14,16-17H2,1-4H3,(H,28,34). The van der Waals surface area contributed by atoms with Crippen LogP contribution in [0, 0.1) is 19.3 Å². The molecule has 2 heterocycles. The molecule has 0 saturated heterocycles. The van der Waals surface area contributed by atoms with Crippen LogP contribution in [-0.2, 0) is 11.2 Å². The van der Waals surface area contributed by atoms with Crippen LogP contribution in [0.1, 0.15) is 47.4 Å². The molecule has 7 heteroatoms. The summed E-state index contributed by atoms with van der Waals surface area (Å²) in [5, 5.41) is 16.7. The highest BCUT2D eigenvalue weighted by molar-refractivity contribution is 6.07. The Bertz CT molecular complexity index is 1220. The number of nitrogens with zero attached hydrogens (tertiary/aromatic N) is 3. The number of fused-ring (bicyclic) bond motifs is 1. The Morgan fingerprint density at radius 3 is 2.62 bits per heavy atom. The van der Waals surface area contributed by atoms with Gasteiger partial charge in [0, 0.05) is 30.0 Å². The van der Waals surface area contributed by atoms with Crippen LogP contribution >= 0.6 is 0 Å². The Kier molecular flexibility index (Phi) is 6.57. The number of hydrogen-bond donors (Lipinski definition) is 2. The van der Waals surface area contributed by atoms with Gasteiger partial charge in [-0.1, -0.05) is 25.1 Å². The zero-order valence-corrected chi connectivity index (χ0v) is 20.2. The number of rotatable bonds is 5. The molecule has 1 aliphatic heterocycles. The van der Waals surface area contributed by atoms with E-state index in [4.69, 9.17) is 0 Å². The van der Waals surface area contributed by atoms with Gasteiger partial charge in [0.25, 0.3) is 5.91 Å². The number of carbonyl (C=O) groups is 2. The Morgan fingerprint density at radius 1 is 1.18 bits per heavy atom. The minimum absolute atomic E-state index is 0.0819. The van der Waals surface area contributed by atoms with Gasteiger partial charge in [-0.3, -0.25) is 9.59 Å². The molecule has 0 spiro atoms. The first kappa shape index (κ1) is 23.7. The summed E-state index contributed by atoms with van der Waals surface area (Å²) in [4.78, 5) is 28.7. The van der Waals surface area contributed by atoms with E-state index in [9.17, 15) is 14.7 Å². The van der Waals surface area contributed by atoms with Gasteiger partial charge in [-0.15, -0.1) is 0 Å². The second-order valence-electron chi connectivity index (χ2n) is 9.53. The van der Waals surface area contributed by atoms with E-state index in [1.54, 1.807) is 16.5 Å². The predicted octanol–water partition coefficient (Wildman–Crippen LogP) is 3.59. The van der Waals surface area contributed by atoms with Gasteiger partial charge < -0.3 is 15.3 Å². The van der Waals surface area contributed by atoms with E-state index in [0.29, 0.717) is 24.9 Å². The molecule has 2 N–H and O–H groups in total. The first-order valence-corrected chi connectivity index (χ1v) is 11.7. The normalized spacial score (nSPS) is 18.7. The summed E-state index contributed by atoms with van der Waals surface area (Å²) >= 11 is 0. The maximum atomic E-state index is 13.8. The number of amides is 2. The third-order valence-corrected chi connectivity index (χ3v) is 6.62. The van der Waals surface area contributed by atoms with Crippen molar-refractivity contribution in [3.8, 4) is 5.69 Å². The minimum atomic E-state index is -0.689. The number of anilines is 1. The Morgan fingerprint density at radius 2 is 1.94 bits per heavy atom. The highest BCUT2D eigenvalue weighted by Crippen LogP contribution is 2.37. The lowest BCUT2D eigenvalue weighted by Gasteiger charge is -2.28. The van der Waals surface area contributed by atoms with Gasteiger partial charge >= 0.3 is 0 Å². The molecular weight excluding hydrogens is 428 g/mol. The quantitative estimate of drug-likeness (QED) is 0.609. The van der Waals surface area contributed by atoms with E-state index < -0.39 is 5.41 Å². The van der Waals surface area contributed by atoms with Crippen molar-refractivity contribution in [3.63, 3.8) is 0 Å². The molecule has 3 aromatic rings. The molecule has 0 radical (unpaired) electrons. The number of aryl methyl sites for hydroxylation is 2. The molecule has 0 aliphatic carbocycles. The molecule has 2 amide bonds. The molecule has 34 heavy (non-hydrogen) atoms. The molecular formula is C27H32N4O3. The van der Waals surface area contributed by atoms with Gasteiger partial charge in [0.2, 0.25) is 5.91 Å². The maximum absolute atomic E-state index is 13.8. The van der Waals surface area contributed by atoms with Crippen molar-refractivity contribution in [1.82, 2.24) is 15.1 Å². The summed E-state index contributed by atoms with van der Waals surface area (Å²) in [6, 6.07) is 15.1. The van der Waals surface area contributed by atoms with Crippen molar-refractivity contribution in [3.05, 3.63) is 77.1 Å². The Hall–Kier alpha value is -3.45. The van der Waals surface area contributed by atoms with Gasteiger partial charge in [-0.2, -0.15) is 5.10 Å². The van der Waals surface area contributed by atoms with Crippen molar-refractivity contribution in [2.45, 2.75) is 46.6 Å². The molecule has 0 bridgehead atoms. The number of hydrogen-bond acceptors (Lipinski definition) is 4. The lowest BCUT2D eigenvalue weighted by atomic mass is 9.80. The van der Waals surface area contributed by atoms with Crippen LogP contribution < -0.4 is 10.2 Å². The van der Waals surface area contributed by atoms with Gasteiger partial charge in [-0.25, -0.2) is 4.68 Å². The molecule has 2 atom stereocenters. The molecule has 2 unspecified atom stereocenters. The summed E-state index contributed by atoms with van der Waals surface area (Å²) < 4.78 is 1.80. The first-order valence-electron chi connectivity index (χ1n) is 11.7. The number of aliphatic hydroxyl groups excluding tert-OH is 1. The number of carbonyl (C=O) groups excluding carboxylic acids is 2. The SMILES string of the molecule is Cc1ccn(-c2ccc(C(=O)N3CCC(C)(C(=O)NC(C)CO)Cc4ccccc43)c(C)c2)n1. The zero-order chi connectivity index (χ0) is 24.5. The monoisotopic (exact) mass is 460 g/mol. The Labute approximate surface area is 200 Å². The highest BCUT2D eigenvalue weighted by atomic mass is 16.3. The summed E-state index contributed by atoms with van der Waals surface area (Å²) in [6.45, 7) is 7.90. The lowest BCUT2D eigenvalue weighted by Crippen LogP contribution is -2.46. The second kappa shape index (κ2) is 9.43. The fourth-order valence-electron chi connectivity index (χ4n) is 4.49. The average Bonchev–Trinajstić information content (AvgIpc) is 3.18. The molecule has 2 aromatic carbocycles. The molecule has 1 aliphatic rings. The molecule has 7 nitrogen and oxygen atoms in total. The van der Waals surface area contributed by atoms with Crippen molar-refractivity contribution in [2.24, 2.45) is 5.41 Å². The van der Waals surface area contributed by atoms with Gasteiger partial charge in [0.15, 0.2) is 0 Å². The van der Waals surface area contributed by atoms with E-state index in [-0.39, 0.29) is 24.5 Å². The van der Waals surface area contributed by atoms with Crippen molar-refractivity contribution < 1.29 is 14.7 Å². The number of aliphatic hydroxyl groups is 1. The van der Waals surface area contributed by atoms with Crippen LogP contribution in [0.25, 0.3) is 5.69 Å². The van der Waals surface area contributed by atoms with Crippen molar-refractivity contribution in [2.75, 3.05) is 18.1 Å². The van der Waals surface area contributed by atoms with E-state index in [1.165, 1.54) is 0 Å². The average molecular weight is 461 g/mol. The summed E-state index contributed by atoms with van der Waals surface area (Å²) in [5.74, 6) is -0.185. The summed E-state index contributed by atoms with van der Waals surface area (Å²) in [5.41, 5.74) is 4.44. The fraction of sp³-hybridized carbons (Fsp3) is 0.370. The number of benzene rings is 2. The molecule has 4 rings (SSSR count). The Balaban J connectivity index is 1.64. The van der Waals surface area contributed by atoms with Gasteiger partial charge in [0.05, 0.1) is 23.4 Å². The van der Waals surface area contributed by atoms with Crippen LogP contribution in [0.2, 0.25) is 0 Å². The minimum Gasteiger partial charge on any atom is -0.394 e. The fourth-order valence-corrected chi connectivity index (χ4v) is 4.49. The van der Waals surface area contributed by atoms with Gasteiger partial charge in [0.1, 0.15) is 0 Å². The van der Waals surface area contributed by atoms with Gasteiger partial charge in [-0.05, 0) is 75.1 Å². The largest absolute Gasteiger partial charge is 0.394 e. The third kappa shape index (κ3) is 4.61. The second-order valence-corrected chi connectivity index (χ2v) is 9.53. The smallest absolute Gasteiger partial charge is 0.258 e. The highest BCUT2D eigenvalue weighted by Gasteiger charge is 2.39. The van der Waals surface area contributed by atoms with Crippen LogP contribution in [0.4, 0.5) is 5.69 Å². The third-order valence-electron chi connectivity index (χ3n) is 6.62. The van der Waals surface area contributed by atoms with Crippen molar-refractivity contribution in [1.29, 1.82) is 0 Å². The van der Waals surface area contributed by atoms with Crippen LogP contribution in [-0.4, -0.2) is 45.9 Å². The van der Waals surface area contributed by atoms with E-state index in [0.717, 1.165) is 28.2 Å². The van der Waals surface area contributed by atoms with Crippen LogP contribution in [0.5, 0.6) is 0 Å². The van der Waals surface area contributed by atoms with Crippen LogP contribution in [0.15, 0.2) is 54.7 Å². The topological polar surface area (TPSA) is 87.5 Å². The predicted molar refractivity (Wildman–Crippen MR) is 132 cm³/mol. The molecule has 0 saturated carbocycles. The molecule has 178 valence electrons. The van der Waals surface area contributed by atoms with Crippen molar-refractivity contribution >= 4 is 17.5 Å². The maximum Gasteiger partial charge on any atom is 0.258 e. The summed E-state index contributed by atoms with van der Waals surface area (Å²) in [7, 11) is 0. The zero-order valence-electron chi connectivity index (χ0n) is 20.2. The molecule has 1 aromatic heterocycles. The molecule has 0 fully saturated rings. The number of nitrogens with one attached hydrogen (secondary N) is 1.